The predicted octanol–water partition coefficient (Wildman–Crippen LogP) is 4.44. The number of alkyl halides is 3. The fraction of sp³-hybridized carbons (Fsp3) is 0.136. The standard InChI is InChI=1S/C22H19F3N4O3S2/c1-28(14-15-6-3-2-4-7-15)21(30)17-10-9-16(22(23,24)25)12-18(17)27-34(31,32)20-8-5-11-29-19(20)13-26-33-29/h2-13,26-27H,14H2,1H3. The molecule has 2 aliphatic rings. The van der Waals surface area contributed by atoms with Crippen LogP contribution < -0.4 is 9.44 Å². The van der Waals surface area contributed by atoms with Crippen molar-refractivity contribution in [2.75, 3.05) is 11.8 Å². The minimum Gasteiger partial charge on any atom is -0.337 e. The first-order chi connectivity index (χ1) is 16.1. The Labute approximate surface area is 198 Å². The van der Waals surface area contributed by atoms with Crippen LogP contribution in [0.15, 0.2) is 83.7 Å². The molecule has 0 aliphatic carbocycles. The Morgan fingerprint density at radius 2 is 1.91 bits per heavy atom. The van der Waals surface area contributed by atoms with Gasteiger partial charge in [0, 0.05) is 26.0 Å². The van der Waals surface area contributed by atoms with E-state index < -0.39 is 33.4 Å². The van der Waals surface area contributed by atoms with Gasteiger partial charge in [0.15, 0.2) is 0 Å². The van der Waals surface area contributed by atoms with E-state index in [1.54, 1.807) is 34.8 Å². The Bertz CT molecular complexity index is 1310. The molecule has 0 spiro atoms. The lowest BCUT2D eigenvalue weighted by atomic mass is 10.1. The van der Waals surface area contributed by atoms with Gasteiger partial charge in [0.2, 0.25) is 0 Å². The maximum Gasteiger partial charge on any atom is 0.416 e. The second kappa shape index (κ2) is 9.11. The molecule has 178 valence electrons. The van der Waals surface area contributed by atoms with Gasteiger partial charge in [0.1, 0.15) is 4.91 Å². The Morgan fingerprint density at radius 3 is 2.62 bits per heavy atom. The highest BCUT2D eigenvalue weighted by Gasteiger charge is 2.34. The topological polar surface area (TPSA) is 81.8 Å². The Hall–Kier alpha value is -3.38. The summed E-state index contributed by atoms with van der Waals surface area (Å²) in [4.78, 5) is 14.3. The van der Waals surface area contributed by atoms with Gasteiger partial charge < -0.3 is 9.62 Å². The van der Waals surface area contributed by atoms with Crippen molar-refractivity contribution >= 4 is 33.8 Å². The van der Waals surface area contributed by atoms with Crippen molar-refractivity contribution in [2.45, 2.75) is 12.7 Å². The monoisotopic (exact) mass is 508 g/mol. The van der Waals surface area contributed by atoms with Crippen LogP contribution in [-0.2, 0) is 22.7 Å². The first-order valence-electron chi connectivity index (χ1n) is 9.90. The molecule has 2 N–H and O–H groups in total. The average molecular weight is 509 g/mol. The van der Waals surface area contributed by atoms with Crippen LogP contribution in [0.1, 0.15) is 21.5 Å². The second-order valence-corrected chi connectivity index (χ2v) is 9.91. The summed E-state index contributed by atoms with van der Waals surface area (Å²) in [5.41, 5.74) is -0.623. The van der Waals surface area contributed by atoms with Crippen LogP contribution in [0, 0.1) is 0 Å². The van der Waals surface area contributed by atoms with Gasteiger partial charge in [-0.1, -0.05) is 30.3 Å². The van der Waals surface area contributed by atoms with Crippen LogP contribution in [0.5, 0.6) is 0 Å². The molecule has 2 heterocycles. The number of fused-ring (bicyclic) bond motifs is 1. The summed E-state index contributed by atoms with van der Waals surface area (Å²) in [7, 11) is -2.85. The number of anilines is 1. The van der Waals surface area contributed by atoms with E-state index in [9.17, 15) is 26.4 Å². The zero-order valence-electron chi connectivity index (χ0n) is 17.7. The molecule has 1 amide bonds. The molecular weight excluding hydrogens is 489 g/mol. The first kappa shape index (κ1) is 23.8. The number of nitrogens with one attached hydrogen (secondary N) is 2. The number of nitrogens with zero attached hydrogens (tertiary/aromatic N) is 2. The molecular formula is C22H19F3N4O3S2. The number of carbonyl (C=O) groups is 1. The van der Waals surface area contributed by atoms with E-state index >= 15 is 0 Å². The molecule has 12 heteroatoms. The van der Waals surface area contributed by atoms with Crippen molar-refractivity contribution in [3.05, 3.63) is 100 Å². The number of amides is 1. The van der Waals surface area contributed by atoms with E-state index in [1.807, 2.05) is 6.07 Å². The predicted molar refractivity (Wildman–Crippen MR) is 124 cm³/mol. The molecule has 2 aromatic carbocycles. The van der Waals surface area contributed by atoms with Gasteiger partial charge >= 0.3 is 6.18 Å². The van der Waals surface area contributed by atoms with Crippen LogP contribution in [-0.4, -0.2) is 30.6 Å². The summed E-state index contributed by atoms with van der Waals surface area (Å²) in [5, 5.41) is 0. The summed E-state index contributed by atoms with van der Waals surface area (Å²) in [5.74, 6) is -0.633. The van der Waals surface area contributed by atoms with E-state index in [0.29, 0.717) is 11.8 Å². The normalized spacial score (nSPS) is 15.2. The maximum absolute atomic E-state index is 13.4. The lowest BCUT2D eigenvalue weighted by Gasteiger charge is -2.23. The van der Waals surface area contributed by atoms with Gasteiger partial charge in [0.05, 0.1) is 34.6 Å². The lowest BCUT2D eigenvalue weighted by molar-refractivity contribution is -0.137. The molecule has 2 aromatic rings. The van der Waals surface area contributed by atoms with E-state index in [-0.39, 0.29) is 17.0 Å². The van der Waals surface area contributed by atoms with Crippen molar-refractivity contribution in [1.29, 1.82) is 0 Å². The molecule has 7 nitrogen and oxygen atoms in total. The van der Waals surface area contributed by atoms with Gasteiger partial charge in [0.25, 0.3) is 15.9 Å². The number of hydrogen-bond donors (Lipinski definition) is 2. The lowest BCUT2D eigenvalue weighted by Crippen LogP contribution is -2.28. The maximum atomic E-state index is 13.4. The van der Waals surface area contributed by atoms with E-state index in [4.69, 9.17) is 0 Å². The zero-order chi connectivity index (χ0) is 24.5. The van der Waals surface area contributed by atoms with Crippen molar-refractivity contribution < 1.29 is 26.4 Å². The highest BCUT2D eigenvalue weighted by molar-refractivity contribution is 7.97. The van der Waals surface area contributed by atoms with Crippen LogP contribution >= 0.6 is 12.1 Å². The molecule has 0 saturated heterocycles. The highest BCUT2D eigenvalue weighted by atomic mass is 32.2. The van der Waals surface area contributed by atoms with Gasteiger partial charge in [-0.3, -0.25) is 13.8 Å². The molecule has 34 heavy (non-hydrogen) atoms. The summed E-state index contributed by atoms with van der Waals surface area (Å²) in [6.07, 6.45) is 1.20. The summed E-state index contributed by atoms with van der Waals surface area (Å²) < 4.78 is 73.1. The first-order valence-corrected chi connectivity index (χ1v) is 12.2. The molecule has 0 radical (unpaired) electrons. The number of hydrogen-bond acceptors (Lipinski definition) is 6. The van der Waals surface area contributed by atoms with Crippen LogP contribution in [0.25, 0.3) is 0 Å². The molecule has 0 unspecified atom stereocenters. The summed E-state index contributed by atoms with van der Waals surface area (Å²) >= 11 is 1.13. The number of rotatable bonds is 6. The molecule has 4 rings (SSSR count). The third kappa shape index (κ3) is 4.92. The summed E-state index contributed by atoms with van der Waals surface area (Å²) in [6, 6.07) is 11.4. The van der Waals surface area contributed by atoms with Crippen LogP contribution in [0.3, 0.4) is 0 Å². The number of carbonyl (C=O) groups excluding carboxylic acids is 1. The number of benzene rings is 2. The van der Waals surface area contributed by atoms with Crippen molar-refractivity contribution in [1.82, 2.24) is 13.9 Å². The Kier molecular flexibility index (Phi) is 6.36. The van der Waals surface area contributed by atoms with E-state index in [0.717, 1.165) is 29.8 Å². The minimum atomic E-state index is -4.73. The van der Waals surface area contributed by atoms with E-state index in [1.165, 1.54) is 30.3 Å². The number of allylic oxidation sites excluding steroid dienone is 2. The molecule has 0 aromatic heterocycles. The number of sulfonamides is 1. The quantitative estimate of drug-likeness (QED) is 0.562. The van der Waals surface area contributed by atoms with Crippen LogP contribution in [0.4, 0.5) is 18.9 Å². The molecule has 0 fully saturated rings. The Morgan fingerprint density at radius 1 is 1.18 bits per heavy atom. The molecule has 0 bridgehead atoms. The molecule has 0 atom stereocenters. The van der Waals surface area contributed by atoms with Gasteiger partial charge in [-0.25, -0.2) is 8.42 Å². The van der Waals surface area contributed by atoms with Gasteiger partial charge in [-0.15, -0.1) is 0 Å². The fourth-order valence-corrected chi connectivity index (χ4v) is 5.36. The number of halogens is 3. The second-order valence-electron chi connectivity index (χ2n) is 7.45. The minimum absolute atomic E-state index is 0.152. The fourth-order valence-electron chi connectivity index (χ4n) is 3.39. The van der Waals surface area contributed by atoms with Gasteiger partial charge in [-0.2, -0.15) is 13.2 Å². The average Bonchev–Trinajstić information content (AvgIpc) is 3.27. The third-order valence-corrected chi connectivity index (χ3v) is 7.18. The SMILES string of the molecule is CN(Cc1ccccc1)C(=O)c1ccc(C(F)(F)F)cc1NS(=O)(=O)C1=CC=CN2SNC=C12. The van der Waals surface area contributed by atoms with E-state index in [2.05, 4.69) is 9.44 Å². The van der Waals surface area contributed by atoms with Crippen molar-refractivity contribution in [2.24, 2.45) is 0 Å². The summed E-state index contributed by atoms with van der Waals surface area (Å²) in [6.45, 7) is 0.188. The Balaban J connectivity index is 1.69. The van der Waals surface area contributed by atoms with Crippen LogP contribution in [0.2, 0.25) is 0 Å². The third-order valence-electron chi connectivity index (χ3n) is 5.03. The van der Waals surface area contributed by atoms with Gasteiger partial charge in [-0.05, 0) is 35.9 Å². The molecule has 0 saturated carbocycles. The largest absolute Gasteiger partial charge is 0.416 e. The molecule has 2 aliphatic heterocycles. The van der Waals surface area contributed by atoms with Crippen molar-refractivity contribution in [3.63, 3.8) is 0 Å². The van der Waals surface area contributed by atoms with Crippen molar-refractivity contribution in [3.8, 4) is 0 Å². The highest BCUT2D eigenvalue weighted by Crippen LogP contribution is 2.36. The zero-order valence-corrected chi connectivity index (χ0v) is 19.3. The smallest absolute Gasteiger partial charge is 0.337 e.